The van der Waals surface area contributed by atoms with E-state index in [4.69, 9.17) is 37.4 Å². The maximum atomic E-state index is 12.3. The van der Waals surface area contributed by atoms with Crippen molar-refractivity contribution < 1.29 is 23.9 Å². The van der Waals surface area contributed by atoms with Crippen LogP contribution < -0.4 is 9.47 Å². The second kappa shape index (κ2) is 7.16. The Morgan fingerprint density at radius 2 is 1.84 bits per heavy atom. The molecule has 25 heavy (non-hydrogen) atoms. The highest BCUT2D eigenvalue weighted by atomic mass is 35.5. The molecule has 0 N–H and O–H groups in total. The number of esters is 1. The minimum Gasteiger partial charge on any atom is -0.486 e. The zero-order chi connectivity index (χ0) is 18.0. The monoisotopic (exact) mass is 383 g/mol. The smallest absolute Gasteiger partial charge is 0.345 e. The predicted molar refractivity (Wildman–Crippen MR) is 89.7 cm³/mol. The van der Waals surface area contributed by atoms with Crippen LogP contribution in [0.4, 0.5) is 5.69 Å². The van der Waals surface area contributed by atoms with Gasteiger partial charge < -0.3 is 14.2 Å². The summed E-state index contributed by atoms with van der Waals surface area (Å²) in [6, 6.07) is 7.12. The number of nitro benzene ring substituents is 1. The number of nitrogens with zero attached hydrogens (tertiary/aromatic N) is 1. The molecule has 130 valence electrons. The van der Waals surface area contributed by atoms with Crippen LogP contribution in [-0.2, 0) is 11.3 Å². The van der Waals surface area contributed by atoms with Crippen molar-refractivity contribution in [2.45, 2.75) is 6.61 Å². The number of nitro groups is 1. The van der Waals surface area contributed by atoms with Crippen molar-refractivity contribution in [2.24, 2.45) is 0 Å². The summed E-state index contributed by atoms with van der Waals surface area (Å²) in [6.45, 7) is 0.420. The van der Waals surface area contributed by atoms with Crippen LogP contribution in [-0.4, -0.2) is 24.1 Å². The lowest BCUT2D eigenvalue weighted by atomic mass is 10.1. The maximum Gasteiger partial charge on any atom is 0.345 e. The van der Waals surface area contributed by atoms with E-state index in [9.17, 15) is 14.9 Å². The van der Waals surface area contributed by atoms with Gasteiger partial charge in [-0.2, -0.15) is 0 Å². The number of hydrogen-bond donors (Lipinski definition) is 0. The van der Waals surface area contributed by atoms with E-state index in [-0.39, 0.29) is 30.3 Å². The molecule has 0 bridgehead atoms. The van der Waals surface area contributed by atoms with E-state index in [1.54, 1.807) is 12.1 Å². The van der Waals surface area contributed by atoms with Crippen molar-refractivity contribution in [1.29, 1.82) is 0 Å². The van der Waals surface area contributed by atoms with Crippen LogP contribution in [0.2, 0.25) is 10.0 Å². The Kier molecular flexibility index (Phi) is 4.96. The second-order valence-electron chi connectivity index (χ2n) is 5.08. The Hall–Kier alpha value is -2.51. The molecule has 0 saturated carbocycles. The number of carbonyl (C=O) groups is 1. The van der Waals surface area contributed by atoms with Crippen LogP contribution in [0, 0.1) is 10.1 Å². The number of ether oxygens (including phenoxy) is 3. The van der Waals surface area contributed by atoms with Gasteiger partial charge in [-0.25, -0.2) is 4.79 Å². The van der Waals surface area contributed by atoms with Gasteiger partial charge in [-0.3, -0.25) is 10.1 Å². The highest BCUT2D eigenvalue weighted by molar-refractivity contribution is 6.35. The Morgan fingerprint density at radius 3 is 2.48 bits per heavy atom. The van der Waals surface area contributed by atoms with Crippen LogP contribution in [0.25, 0.3) is 0 Å². The normalized spacial score (nSPS) is 12.6. The molecule has 0 fully saturated rings. The third kappa shape index (κ3) is 3.78. The summed E-state index contributed by atoms with van der Waals surface area (Å²) in [7, 11) is 0. The number of halogens is 2. The van der Waals surface area contributed by atoms with E-state index < -0.39 is 16.6 Å². The number of fused-ring (bicyclic) bond motifs is 1. The number of carbonyl (C=O) groups excluding carboxylic acids is 1. The molecule has 0 aromatic heterocycles. The highest BCUT2D eigenvalue weighted by Crippen LogP contribution is 2.37. The molecule has 0 atom stereocenters. The fraction of sp³-hybridized carbons (Fsp3) is 0.188. The standard InChI is InChI=1S/C16H11Cl2NO6/c17-10-2-1-9(12(18)5-10)8-25-16(20)11-6-14-15(24-4-3-23-14)7-13(11)19(21)22/h1-2,5-7H,3-4,8H2. The van der Waals surface area contributed by atoms with Crippen molar-refractivity contribution >= 4 is 34.9 Å². The van der Waals surface area contributed by atoms with Gasteiger partial charge in [0.05, 0.1) is 11.0 Å². The first-order valence-corrected chi connectivity index (χ1v) is 7.90. The van der Waals surface area contributed by atoms with Gasteiger partial charge in [0.1, 0.15) is 25.4 Å². The van der Waals surface area contributed by atoms with E-state index in [0.717, 1.165) is 6.07 Å². The molecule has 0 aliphatic carbocycles. The molecule has 2 aromatic carbocycles. The average molecular weight is 384 g/mol. The maximum absolute atomic E-state index is 12.3. The first-order chi connectivity index (χ1) is 12.0. The van der Waals surface area contributed by atoms with Crippen LogP contribution in [0.15, 0.2) is 30.3 Å². The van der Waals surface area contributed by atoms with Crippen molar-refractivity contribution in [3.05, 3.63) is 61.6 Å². The fourth-order valence-corrected chi connectivity index (χ4v) is 2.72. The van der Waals surface area contributed by atoms with Gasteiger partial charge in [-0.1, -0.05) is 29.3 Å². The van der Waals surface area contributed by atoms with Gasteiger partial charge in [0.2, 0.25) is 0 Å². The molecule has 0 radical (unpaired) electrons. The minimum absolute atomic E-state index is 0.152. The molecular weight excluding hydrogens is 373 g/mol. The Balaban J connectivity index is 1.84. The van der Waals surface area contributed by atoms with E-state index in [0.29, 0.717) is 22.2 Å². The molecule has 0 spiro atoms. The van der Waals surface area contributed by atoms with Crippen LogP contribution in [0.5, 0.6) is 11.5 Å². The van der Waals surface area contributed by atoms with Crippen LogP contribution >= 0.6 is 23.2 Å². The predicted octanol–water partition coefficient (Wildman–Crippen LogP) is 4.03. The van der Waals surface area contributed by atoms with Crippen LogP contribution in [0.1, 0.15) is 15.9 Å². The number of rotatable bonds is 4. The van der Waals surface area contributed by atoms with Gasteiger partial charge in [0.25, 0.3) is 5.69 Å². The fourth-order valence-electron chi connectivity index (χ4n) is 2.25. The molecule has 7 nitrogen and oxygen atoms in total. The summed E-state index contributed by atoms with van der Waals surface area (Å²) >= 11 is 11.8. The summed E-state index contributed by atoms with van der Waals surface area (Å²) < 4.78 is 15.8. The molecule has 1 heterocycles. The van der Waals surface area contributed by atoms with Crippen molar-refractivity contribution in [1.82, 2.24) is 0 Å². The van der Waals surface area contributed by atoms with Crippen molar-refractivity contribution in [2.75, 3.05) is 13.2 Å². The summed E-state index contributed by atoms with van der Waals surface area (Å²) in [5.41, 5.74) is -0.115. The average Bonchev–Trinajstić information content (AvgIpc) is 2.59. The van der Waals surface area contributed by atoms with Gasteiger partial charge >= 0.3 is 5.97 Å². The summed E-state index contributed by atoms with van der Waals surface area (Å²) in [5.74, 6) is -0.390. The first kappa shape index (κ1) is 17.3. The first-order valence-electron chi connectivity index (χ1n) is 7.15. The van der Waals surface area contributed by atoms with Gasteiger partial charge in [0, 0.05) is 21.7 Å². The van der Waals surface area contributed by atoms with Gasteiger partial charge in [-0.15, -0.1) is 0 Å². The molecule has 0 unspecified atom stereocenters. The Morgan fingerprint density at radius 1 is 1.16 bits per heavy atom. The molecular formula is C16H11Cl2NO6. The van der Waals surface area contributed by atoms with E-state index in [2.05, 4.69) is 0 Å². The lowest BCUT2D eigenvalue weighted by molar-refractivity contribution is -0.385. The molecule has 0 amide bonds. The topological polar surface area (TPSA) is 87.9 Å². The quantitative estimate of drug-likeness (QED) is 0.449. The molecule has 1 aliphatic heterocycles. The van der Waals surface area contributed by atoms with E-state index >= 15 is 0 Å². The molecule has 0 saturated heterocycles. The lowest BCUT2D eigenvalue weighted by Crippen LogP contribution is -2.17. The molecule has 2 aromatic rings. The summed E-state index contributed by atoms with van der Waals surface area (Å²) in [5, 5.41) is 12.0. The lowest BCUT2D eigenvalue weighted by Gasteiger charge is -2.18. The van der Waals surface area contributed by atoms with Crippen LogP contribution in [0.3, 0.4) is 0 Å². The molecule has 1 aliphatic rings. The van der Waals surface area contributed by atoms with Crippen molar-refractivity contribution in [3.8, 4) is 11.5 Å². The Bertz CT molecular complexity index is 855. The SMILES string of the molecule is O=C(OCc1ccc(Cl)cc1Cl)c1cc2c(cc1[N+](=O)[O-])OCCO2. The molecule has 9 heteroatoms. The summed E-state index contributed by atoms with van der Waals surface area (Å²) in [4.78, 5) is 22.9. The number of benzene rings is 2. The third-order valence-electron chi connectivity index (χ3n) is 3.45. The van der Waals surface area contributed by atoms with Gasteiger partial charge in [0.15, 0.2) is 11.5 Å². The van der Waals surface area contributed by atoms with E-state index in [1.807, 2.05) is 0 Å². The van der Waals surface area contributed by atoms with Gasteiger partial charge in [-0.05, 0) is 12.1 Å². The number of hydrogen-bond acceptors (Lipinski definition) is 6. The summed E-state index contributed by atoms with van der Waals surface area (Å²) in [6.07, 6.45) is 0. The zero-order valence-electron chi connectivity index (χ0n) is 12.7. The van der Waals surface area contributed by atoms with E-state index in [1.165, 1.54) is 12.1 Å². The largest absolute Gasteiger partial charge is 0.486 e. The molecule has 3 rings (SSSR count). The zero-order valence-corrected chi connectivity index (χ0v) is 14.2. The Labute approximate surface area is 152 Å². The minimum atomic E-state index is -0.866. The third-order valence-corrected chi connectivity index (χ3v) is 4.04. The highest BCUT2D eigenvalue weighted by Gasteiger charge is 2.27. The van der Waals surface area contributed by atoms with Crippen molar-refractivity contribution in [3.63, 3.8) is 0 Å². The second-order valence-corrected chi connectivity index (χ2v) is 5.93.